The van der Waals surface area contributed by atoms with Crippen molar-refractivity contribution in [3.63, 3.8) is 0 Å². The van der Waals surface area contributed by atoms with Gasteiger partial charge in [-0.3, -0.25) is 24.6 Å². The standard InChI is InChI=1S/C25H37F3N6O3/c1-14-6-19(16-7-17(9-29-8-16)22(36)32(5)15(2)12-35)31-21-20(14)23(37)34(24(21,3)4)18-10-30-33(11-18)13-25(26,27)28/h8,10,14-20,35H,6-7,9,11-13H2,1-5H3. The van der Waals surface area contributed by atoms with Crippen molar-refractivity contribution >= 4 is 30.0 Å². The number of amides is 2. The molecule has 37 heavy (non-hydrogen) atoms. The first kappa shape index (κ1) is 27.5. The topological polar surface area (TPSA) is 101 Å². The van der Waals surface area contributed by atoms with E-state index in [9.17, 15) is 27.9 Å². The average Bonchev–Trinajstić information content (AvgIpc) is 3.35. The summed E-state index contributed by atoms with van der Waals surface area (Å²) in [6.07, 6.45) is 0.176. The Labute approximate surface area is 215 Å². The predicted octanol–water partition coefficient (Wildman–Crippen LogP) is 1.85. The highest BCUT2D eigenvalue weighted by Crippen LogP contribution is 2.44. The first-order valence-electron chi connectivity index (χ1n) is 12.9. The van der Waals surface area contributed by atoms with E-state index in [1.54, 1.807) is 23.8 Å². The number of aliphatic hydroxyl groups is 1. The Morgan fingerprint density at radius 2 is 2.00 bits per heavy atom. The molecule has 0 spiro atoms. The van der Waals surface area contributed by atoms with Gasteiger partial charge in [0.25, 0.3) is 0 Å². The molecule has 1 fully saturated rings. The Bertz CT molecular complexity index is 997. The maximum atomic E-state index is 13.6. The zero-order chi connectivity index (χ0) is 27.3. The van der Waals surface area contributed by atoms with Crippen molar-refractivity contribution in [1.29, 1.82) is 0 Å². The summed E-state index contributed by atoms with van der Waals surface area (Å²) in [6.45, 7) is 6.71. The molecule has 12 heteroatoms. The Hall–Kier alpha value is -2.50. The monoisotopic (exact) mass is 526 g/mol. The van der Waals surface area contributed by atoms with E-state index < -0.39 is 30.2 Å². The van der Waals surface area contributed by atoms with Crippen molar-refractivity contribution in [2.24, 2.45) is 38.8 Å². The van der Waals surface area contributed by atoms with Gasteiger partial charge in [0.1, 0.15) is 6.54 Å². The van der Waals surface area contributed by atoms with E-state index in [4.69, 9.17) is 4.99 Å². The number of rotatable bonds is 6. The molecular weight excluding hydrogens is 489 g/mol. The molecule has 4 heterocycles. The second kappa shape index (κ2) is 9.99. The molecule has 0 aromatic carbocycles. The highest BCUT2D eigenvalue weighted by molar-refractivity contribution is 6.16. The molecule has 206 valence electrons. The summed E-state index contributed by atoms with van der Waals surface area (Å²) in [7, 11) is 1.69. The largest absolute Gasteiger partial charge is 0.407 e. The number of halogens is 3. The fraction of sp³-hybridized carbons (Fsp3) is 0.800. The summed E-state index contributed by atoms with van der Waals surface area (Å²) in [5.41, 5.74) is -0.0333. The summed E-state index contributed by atoms with van der Waals surface area (Å²) < 4.78 is 38.6. The van der Waals surface area contributed by atoms with Crippen molar-refractivity contribution in [1.82, 2.24) is 14.8 Å². The second-order valence-corrected chi connectivity index (χ2v) is 11.4. The molecule has 0 aromatic rings. The Morgan fingerprint density at radius 3 is 2.65 bits per heavy atom. The first-order valence-corrected chi connectivity index (χ1v) is 12.9. The van der Waals surface area contributed by atoms with Crippen molar-refractivity contribution in [3.05, 3.63) is 0 Å². The van der Waals surface area contributed by atoms with E-state index >= 15 is 0 Å². The highest BCUT2D eigenvalue weighted by atomic mass is 19.4. The van der Waals surface area contributed by atoms with Crippen LogP contribution >= 0.6 is 0 Å². The van der Waals surface area contributed by atoms with E-state index in [0.717, 1.165) is 10.7 Å². The minimum atomic E-state index is -4.37. The highest BCUT2D eigenvalue weighted by Gasteiger charge is 2.57. The number of aliphatic hydroxyl groups excluding tert-OH is 1. The van der Waals surface area contributed by atoms with Crippen LogP contribution in [0.15, 0.2) is 15.1 Å². The quantitative estimate of drug-likeness (QED) is 0.571. The Kier molecular flexibility index (Phi) is 7.44. The van der Waals surface area contributed by atoms with Gasteiger partial charge in [-0.1, -0.05) is 6.92 Å². The summed E-state index contributed by atoms with van der Waals surface area (Å²) in [6, 6.07) is -0.992. The molecule has 0 bridgehead atoms. The van der Waals surface area contributed by atoms with E-state index in [1.807, 2.05) is 27.0 Å². The van der Waals surface area contributed by atoms with Crippen LogP contribution in [-0.2, 0) is 9.59 Å². The number of aliphatic imine (C=N–C) groups is 2. The number of nitrogens with zero attached hydrogens (tertiary/aromatic N) is 6. The van der Waals surface area contributed by atoms with Crippen molar-refractivity contribution < 1.29 is 27.9 Å². The summed E-state index contributed by atoms with van der Waals surface area (Å²) in [5.74, 6) is -0.974. The lowest BCUT2D eigenvalue weighted by Crippen LogP contribution is -2.53. The predicted molar refractivity (Wildman–Crippen MR) is 134 cm³/mol. The van der Waals surface area contributed by atoms with Gasteiger partial charge in [-0.25, -0.2) is 0 Å². The molecule has 0 aliphatic carbocycles. The van der Waals surface area contributed by atoms with Crippen LogP contribution in [0.2, 0.25) is 0 Å². The van der Waals surface area contributed by atoms with E-state index in [1.165, 1.54) is 6.21 Å². The zero-order valence-electron chi connectivity index (χ0n) is 22.0. The molecule has 4 rings (SSSR count). The van der Waals surface area contributed by atoms with Gasteiger partial charge in [-0.15, -0.1) is 0 Å². The van der Waals surface area contributed by atoms with Gasteiger partial charge >= 0.3 is 6.18 Å². The molecule has 4 aliphatic heterocycles. The van der Waals surface area contributed by atoms with Gasteiger partial charge in [0, 0.05) is 25.4 Å². The molecule has 0 saturated carbocycles. The van der Waals surface area contributed by atoms with Gasteiger partial charge < -0.3 is 14.9 Å². The SMILES string of the molecule is CC1CC(C2C=NCC(C(=O)N(C)C(C)CO)C2)N=C2C1C(=O)N(C1C=NN(CC(F)(F)F)C1)C2(C)C. The number of hydrogen-bond donors (Lipinski definition) is 1. The van der Waals surface area contributed by atoms with Crippen molar-refractivity contribution in [3.8, 4) is 0 Å². The minimum Gasteiger partial charge on any atom is -0.394 e. The molecule has 0 aromatic heterocycles. The summed E-state index contributed by atoms with van der Waals surface area (Å²) in [5, 5.41) is 14.3. The van der Waals surface area contributed by atoms with Crippen LogP contribution in [0.3, 0.4) is 0 Å². The lowest BCUT2D eigenvalue weighted by Gasteiger charge is -2.38. The fourth-order valence-corrected chi connectivity index (χ4v) is 6.19. The van der Waals surface area contributed by atoms with Crippen LogP contribution in [0.25, 0.3) is 0 Å². The Balaban J connectivity index is 1.52. The third kappa shape index (κ3) is 5.26. The molecule has 9 nitrogen and oxygen atoms in total. The molecule has 4 aliphatic rings. The number of likely N-dealkylation sites (N-methyl/N-ethyl adjacent to an activating group) is 1. The fourth-order valence-electron chi connectivity index (χ4n) is 6.19. The number of fused-ring (bicyclic) bond motifs is 1. The van der Waals surface area contributed by atoms with Crippen LogP contribution in [0.1, 0.15) is 40.5 Å². The van der Waals surface area contributed by atoms with Crippen molar-refractivity contribution in [2.75, 3.05) is 33.3 Å². The lowest BCUT2D eigenvalue weighted by molar-refractivity contribution is -0.146. The first-order chi connectivity index (χ1) is 17.2. The minimum absolute atomic E-state index is 0.00859. The third-order valence-electron chi connectivity index (χ3n) is 8.30. The van der Waals surface area contributed by atoms with E-state index in [2.05, 4.69) is 10.1 Å². The molecular formula is C25H37F3N6O3. The van der Waals surface area contributed by atoms with Gasteiger partial charge in [-0.05, 0) is 39.5 Å². The average molecular weight is 527 g/mol. The molecule has 1 saturated heterocycles. The number of hydrazone groups is 1. The van der Waals surface area contributed by atoms with E-state index in [-0.39, 0.29) is 54.8 Å². The summed E-state index contributed by atoms with van der Waals surface area (Å²) >= 11 is 0. The second-order valence-electron chi connectivity index (χ2n) is 11.4. The number of alkyl halides is 3. The Morgan fingerprint density at radius 1 is 1.30 bits per heavy atom. The lowest BCUT2D eigenvalue weighted by atomic mass is 9.75. The van der Waals surface area contributed by atoms with Crippen LogP contribution in [-0.4, -0.2) is 113 Å². The van der Waals surface area contributed by atoms with Gasteiger partial charge in [0.2, 0.25) is 11.8 Å². The maximum absolute atomic E-state index is 13.6. The van der Waals surface area contributed by atoms with Crippen LogP contribution in [0, 0.1) is 23.7 Å². The van der Waals surface area contributed by atoms with Crippen LogP contribution in [0.4, 0.5) is 13.2 Å². The molecule has 2 amide bonds. The number of carbonyl (C=O) groups is 2. The number of likely N-dealkylation sites (tertiary alicyclic amines) is 1. The maximum Gasteiger partial charge on any atom is 0.407 e. The number of carbonyl (C=O) groups excluding carboxylic acids is 2. The van der Waals surface area contributed by atoms with Crippen molar-refractivity contribution in [2.45, 2.75) is 70.4 Å². The normalized spacial score (nSPS) is 34.0. The third-order valence-corrected chi connectivity index (χ3v) is 8.30. The zero-order valence-corrected chi connectivity index (χ0v) is 22.0. The van der Waals surface area contributed by atoms with Crippen LogP contribution in [0.5, 0.6) is 0 Å². The molecule has 7 atom stereocenters. The van der Waals surface area contributed by atoms with Gasteiger partial charge in [0.05, 0.1) is 60.9 Å². The summed E-state index contributed by atoms with van der Waals surface area (Å²) in [4.78, 5) is 39.3. The van der Waals surface area contributed by atoms with Gasteiger partial charge in [-0.2, -0.15) is 18.3 Å². The molecule has 1 N–H and O–H groups in total. The molecule has 0 radical (unpaired) electrons. The molecule has 7 unspecified atom stereocenters. The van der Waals surface area contributed by atoms with E-state index in [0.29, 0.717) is 19.4 Å². The van der Waals surface area contributed by atoms with Gasteiger partial charge in [0.15, 0.2) is 0 Å². The number of hydrogen-bond acceptors (Lipinski definition) is 7. The smallest absolute Gasteiger partial charge is 0.394 e. The van der Waals surface area contributed by atoms with Crippen LogP contribution < -0.4 is 0 Å².